The molecule has 0 saturated heterocycles. The molecule has 144 valence electrons. The van der Waals surface area contributed by atoms with E-state index in [1.54, 1.807) is 14.0 Å². The van der Waals surface area contributed by atoms with Crippen LogP contribution in [0.5, 0.6) is 17.2 Å². The van der Waals surface area contributed by atoms with Crippen molar-refractivity contribution in [2.24, 2.45) is 0 Å². The molecule has 0 atom stereocenters. The molecule has 0 aromatic heterocycles. The van der Waals surface area contributed by atoms with Crippen molar-refractivity contribution in [1.82, 2.24) is 0 Å². The van der Waals surface area contributed by atoms with Crippen molar-refractivity contribution in [2.45, 2.75) is 20.1 Å². The van der Waals surface area contributed by atoms with Crippen LogP contribution in [0.4, 0.5) is 0 Å². The molecule has 3 aromatic rings. The molecule has 0 spiro atoms. The van der Waals surface area contributed by atoms with Gasteiger partial charge in [-0.3, -0.25) is 4.79 Å². The predicted octanol–water partition coefficient (Wildman–Crippen LogP) is 4.61. The van der Waals surface area contributed by atoms with Crippen LogP contribution in [0.1, 0.15) is 27.0 Å². The summed E-state index contributed by atoms with van der Waals surface area (Å²) in [4.78, 5) is 11.7. The van der Waals surface area contributed by atoms with Gasteiger partial charge in [-0.25, -0.2) is 0 Å². The minimum absolute atomic E-state index is 0.0348. The van der Waals surface area contributed by atoms with Gasteiger partial charge in [0.05, 0.1) is 25.9 Å². The average Bonchev–Trinajstić information content (AvgIpc) is 2.73. The van der Waals surface area contributed by atoms with Crippen molar-refractivity contribution in [3.63, 3.8) is 0 Å². The molecule has 0 aliphatic heterocycles. The molecule has 2 N–H and O–H groups in total. The van der Waals surface area contributed by atoms with Crippen molar-refractivity contribution in [1.29, 1.82) is 0 Å². The second-order valence-corrected chi connectivity index (χ2v) is 6.42. The van der Waals surface area contributed by atoms with E-state index in [0.717, 1.165) is 16.9 Å². The number of benzene rings is 3. The highest BCUT2D eigenvalue weighted by Gasteiger charge is 2.22. The summed E-state index contributed by atoms with van der Waals surface area (Å²) in [6.07, 6.45) is 0.547. The summed E-state index contributed by atoms with van der Waals surface area (Å²) in [5, 5.41) is 20.5. The van der Waals surface area contributed by atoms with Crippen LogP contribution < -0.4 is 4.74 Å². The number of carbonyl (C=O) groups is 1. The number of phenolic OH excluding ortho intramolecular Hbond substituents is 2. The zero-order valence-corrected chi connectivity index (χ0v) is 15.8. The van der Waals surface area contributed by atoms with Crippen LogP contribution in [0.25, 0.3) is 11.1 Å². The zero-order chi connectivity index (χ0) is 20.1. The summed E-state index contributed by atoms with van der Waals surface area (Å²) < 4.78 is 11.1. The van der Waals surface area contributed by atoms with Crippen molar-refractivity contribution >= 4 is 6.29 Å². The van der Waals surface area contributed by atoms with E-state index in [1.165, 1.54) is 0 Å². The monoisotopic (exact) mass is 378 g/mol. The first-order chi connectivity index (χ1) is 13.6. The molecule has 3 rings (SSSR count). The molecule has 0 heterocycles. The van der Waals surface area contributed by atoms with Gasteiger partial charge in [0.1, 0.15) is 5.75 Å². The van der Waals surface area contributed by atoms with Gasteiger partial charge < -0.3 is 19.7 Å². The van der Waals surface area contributed by atoms with Crippen LogP contribution in [-0.4, -0.2) is 23.6 Å². The molecule has 0 aliphatic rings. The van der Waals surface area contributed by atoms with Crippen LogP contribution in [0.15, 0.2) is 54.6 Å². The topological polar surface area (TPSA) is 76.0 Å². The summed E-state index contributed by atoms with van der Waals surface area (Å²) >= 11 is 0. The van der Waals surface area contributed by atoms with Crippen LogP contribution in [0.3, 0.4) is 0 Å². The van der Waals surface area contributed by atoms with Gasteiger partial charge in [-0.1, -0.05) is 42.5 Å². The molecule has 0 amide bonds. The van der Waals surface area contributed by atoms with Gasteiger partial charge in [0.25, 0.3) is 0 Å². The molecular formula is C23H22O5. The lowest BCUT2D eigenvalue weighted by atomic mass is 9.90. The molecule has 0 aliphatic carbocycles. The summed E-state index contributed by atoms with van der Waals surface area (Å²) in [6, 6.07) is 16.9. The Labute approximate surface area is 163 Å². The minimum atomic E-state index is -0.424. The highest BCUT2D eigenvalue weighted by atomic mass is 16.5. The summed E-state index contributed by atoms with van der Waals surface area (Å²) in [5.74, 6) is 0.0161. The Balaban J connectivity index is 1.97. The van der Waals surface area contributed by atoms with Crippen molar-refractivity contribution in [3.8, 4) is 28.4 Å². The molecule has 0 radical (unpaired) electrons. The first kappa shape index (κ1) is 19.5. The van der Waals surface area contributed by atoms with E-state index in [2.05, 4.69) is 0 Å². The van der Waals surface area contributed by atoms with Gasteiger partial charge in [-0.15, -0.1) is 0 Å². The first-order valence-electron chi connectivity index (χ1n) is 8.85. The Kier molecular flexibility index (Phi) is 5.96. The lowest BCUT2D eigenvalue weighted by molar-refractivity contribution is 0.103. The van der Waals surface area contributed by atoms with Crippen LogP contribution in [-0.2, 0) is 18.0 Å². The Morgan fingerprint density at radius 1 is 0.964 bits per heavy atom. The Hall–Kier alpha value is -3.31. The summed E-state index contributed by atoms with van der Waals surface area (Å²) in [7, 11) is 1.60. The maximum Gasteiger partial charge on any atom is 0.168 e. The SMILES string of the molecule is COc1cccc(COCc2c(C=O)c(O)c(O)c(C)c2-c2ccccc2)c1. The summed E-state index contributed by atoms with van der Waals surface area (Å²) in [5.41, 5.74) is 3.51. The molecule has 0 saturated carbocycles. The van der Waals surface area contributed by atoms with Crippen molar-refractivity contribution in [3.05, 3.63) is 76.9 Å². The fourth-order valence-corrected chi connectivity index (χ4v) is 3.23. The van der Waals surface area contributed by atoms with E-state index in [9.17, 15) is 15.0 Å². The Morgan fingerprint density at radius 2 is 1.71 bits per heavy atom. The maximum absolute atomic E-state index is 11.7. The molecule has 0 unspecified atom stereocenters. The number of carbonyl (C=O) groups excluding carboxylic acids is 1. The third kappa shape index (κ3) is 3.85. The molecule has 0 bridgehead atoms. The zero-order valence-electron chi connectivity index (χ0n) is 15.8. The third-order valence-corrected chi connectivity index (χ3v) is 4.67. The van der Waals surface area contributed by atoms with Gasteiger partial charge in [0.15, 0.2) is 17.8 Å². The number of rotatable bonds is 7. The number of methoxy groups -OCH3 is 1. The minimum Gasteiger partial charge on any atom is -0.504 e. The lowest BCUT2D eigenvalue weighted by Crippen LogP contribution is -2.04. The maximum atomic E-state index is 11.7. The fraction of sp³-hybridized carbons (Fsp3) is 0.174. The molecule has 0 fully saturated rings. The van der Waals surface area contributed by atoms with Crippen LogP contribution >= 0.6 is 0 Å². The predicted molar refractivity (Wildman–Crippen MR) is 107 cm³/mol. The van der Waals surface area contributed by atoms with Crippen molar-refractivity contribution in [2.75, 3.05) is 7.11 Å². The van der Waals surface area contributed by atoms with Gasteiger partial charge >= 0.3 is 0 Å². The Bertz CT molecular complexity index is 980. The molecule has 3 aromatic carbocycles. The first-order valence-corrected chi connectivity index (χ1v) is 8.85. The number of aromatic hydroxyl groups is 2. The number of ether oxygens (including phenoxy) is 2. The van der Waals surface area contributed by atoms with Crippen molar-refractivity contribution < 1.29 is 24.5 Å². The fourth-order valence-electron chi connectivity index (χ4n) is 3.23. The number of phenols is 2. The smallest absolute Gasteiger partial charge is 0.168 e. The van der Waals surface area contributed by atoms with E-state index >= 15 is 0 Å². The summed E-state index contributed by atoms with van der Waals surface area (Å²) in [6.45, 7) is 2.12. The standard InChI is InChI=1S/C23H22O5/c1-15-21(17-8-4-3-5-9-17)20(19(12-24)23(26)22(15)25)14-28-13-16-7-6-10-18(11-16)27-2/h3-12,25-26H,13-14H2,1-2H3. The van der Waals surface area contributed by atoms with Gasteiger partial charge in [0.2, 0.25) is 0 Å². The van der Waals surface area contributed by atoms with Crippen LogP contribution in [0.2, 0.25) is 0 Å². The normalized spacial score (nSPS) is 10.6. The number of hydrogen-bond acceptors (Lipinski definition) is 5. The molecule has 28 heavy (non-hydrogen) atoms. The second kappa shape index (κ2) is 8.59. The van der Waals surface area contributed by atoms with E-state index in [4.69, 9.17) is 9.47 Å². The highest BCUT2D eigenvalue weighted by Crippen LogP contribution is 2.42. The molecular weight excluding hydrogens is 356 g/mol. The quantitative estimate of drug-likeness (QED) is 0.464. The largest absolute Gasteiger partial charge is 0.504 e. The van der Waals surface area contributed by atoms with E-state index < -0.39 is 5.75 Å². The highest BCUT2D eigenvalue weighted by molar-refractivity contribution is 5.90. The van der Waals surface area contributed by atoms with Gasteiger partial charge in [-0.05, 0) is 35.7 Å². The van der Waals surface area contributed by atoms with Gasteiger partial charge in [0, 0.05) is 11.1 Å². The molecule has 5 heteroatoms. The van der Waals surface area contributed by atoms with E-state index in [1.807, 2.05) is 54.6 Å². The number of aldehydes is 1. The van der Waals surface area contributed by atoms with E-state index in [-0.39, 0.29) is 17.9 Å². The van der Waals surface area contributed by atoms with E-state index in [0.29, 0.717) is 29.6 Å². The number of hydrogen-bond donors (Lipinski definition) is 2. The Morgan fingerprint density at radius 3 is 2.39 bits per heavy atom. The average molecular weight is 378 g/mol. The van der Waals surface area contributed by atoms with Crippen LogP contribution in [0, 0.1) is 6.92 Å². The molecule has 5 nitrogen and oxygen atoms in total. The third-order valence-electron chi connectivity index (χ3n) is 4.67. The lowest BCUT2D eigenvalue weighted by Gasteiger charge is -2.18. The van der Waals surface area contributed by atoms with Gasteiger partial charge in [-0.2, -0.15) is 0 Å². The second-order valence-electron chi connectivity index (χ2n) is 6.42.